The Kier molecular flexibility index (Phi) is 8.72. The van der Waals surface area contributed by atoms with E-state index in [-0.39, 0.29) is 24.2 Å². The Morgan fingerprint density at radius 1 is 1.20 bits per heavy atom. The molecule has 0 spiro atoms. The summed E-state index contributed by atoms with van der Waals surface area (Å²) in [6.07, 6.45) is -0.0320. The van der Waals surface area contributed by atoms with E-state index in [2.05, 4.69) is 5.32 Å². The highest BCUT2D eigenvalue weighted by Gasteiger charge is 2.27. The summed E-state index contributed by atoms with van der Waals surface area (Å²) in [6.45, 7) is 6.74. The maximum absolute atomic E-state index is 12.5. The van der Waals surface area contributed by atoms with Gasteiger partial charge >= 0.3 is 0 Å². The van der Waals surface area contributed by atoms with Gasteiger partial charge in [-0.25, -0.2) is 0 Å². The van der Waals surface area contributed by atoms with Gasteiger partial charge < -0.3 is 19.9 Å². The lowest BCUT2D eigenvalue weighted by Gasteiger charge is -2.36. The Morgan fingerprint density at radius 2 is 1.84 bits per heavy atom. The number of hydrogen-bond acceptors (Lipinski definition) is 4. The third-order valence-corrected chi connectivity index (χ3v) is 4.18. The van der Waals surface area contributed by atoms with Crippen molar-refractivity contribution in [2.45, 2.75) is 26.4 Å². The highest BCUT2D eigenvalue weighted by molar-refractivity contribution is 5.85. The third-order valence-electron chi connectivity index (χ3n) is 4.18. The van der Waals surface area contributed by atoms with E-state index < -0.39 is 6.10 Å². The van der Waals surface area contributed by atoms with E-state index in [4.69, 9.17) is 4.74 Å². The number of halogens is 1. The van der Waals surface area contributed by atoms with Crippen molar-refractivity contribution in [3.63, 3.8) is 0 Å². The molecule has 0 bridgehead atoms. The molecule has 0 saturated carbocycles. The van der Waals surface area contributed by atoms with Crippen molar-refractivity contribution in [1.29, 1.82) is 0 Å². The summed E-state index contributed by atoms with van der Waals surface area (Å²) in [5.41, 5.74) is 1.10. The molecule has 1 heterocycles. The number of piperazine rings is 1. The second-order valence-electron chi connectivity index (χ2n) is 6.14. The number of nitrogens with zero attached hydrogens (tertiary/aromatic N) is 2. The first kappa shape index (κ1) is 21.3. The lowest BCUT2D eigenvalue weighted by atomic mass is 10.2. The van der Waals surface area contributed by atoms with Gasteiger partial charge in [0, 0.05) is 39.1 Å². The van der Waals surface area contributed by atoms with Crippen LogP contribution in [0.1, 0.15) is 18.9 Å². The molecule has 0 aromatic heterocycles. The zero-order valence-corrected chi connectivity index (χ0v) is 16.0. The van der Waals surface area contributed by atoms with E-state index in [1.165, 1.54) is 0 Å². The molecule has 0 aliphatic carbocycles. The summed E-state index contributed by atoms with van der Waals surface area (Å²) in [4.78, 5) is 28.1. The monoisotopic (exact) mass is 369 g/mol. The maximum atomic E-state index is 12.5. The highest BCUT2D eigenvalue weighted by Crippen LogP contribution is 2.15. The molecule has 140 valence electrons. The smallest absolute Gasteiger partial charge is 0.263 e. The molecule has 1 aromatic carbocycles. The van der Waals surface area contributed by atoms with Gasteiger partial charge in [-0.05, 0) is 38.6 Å². The van der Waals surface area contributed by atoms with E-state index in [9.17, 15) is 9.59 Å². The van der Waals surface area contributed by atoms with Gasteiger partial charge in [0.15, 0.2) is 6.10 Å². The molecule has 1 fully saturated rings. The van der Waals surface area contributed by atoms with Crippen LogP contribution in [0.2, 0.25) is 0 Å². The van der Waals surface area contributed by atoms with Gasteiger partial charge in [-0.15, -0.1) is 12.4 Å². The van der Waals surface area contributed by atoms with Crippen LogP contribution in [-0.4, -0.2) is 67.5 Å². The Balaban J connectivity index is 0.00000312. The molecule has 1 N–H and O–H groups in total. The molecular weight excluding hydrogens is 342 g/mol. The number of amides is 2. The fourth-order valence-electron chi connectivity index (χ4n) is 2.77. The quantitative estimate of drug-likeness (QED) is 0.824. The molecule has 1 atom stereocenters. The molecule has 0 radical (unpaired) electrons. The van der Waals surface area contributed by atoms with E-state index in [1.807, 2.05) is 43.1 Å². The number of ether oxygens (including phenoxy) is 1. The lowest BCUT2D eigenvalue weighted by Crippen LogP contribution is -2.53. The fourth-order valence-corrected chi connectivity index (χ4v) is 2.77. The number of hydrogen-bond donors (Lipinski definition) is 1. The topological polar surface area (TPSA) is 61.9 Å². The second kappa shape index (κ2) is 10.3. The lowest BCUT2D eigenvalue weighted by molar-refractivity contribution is -0.143. The zero-order valence-electron chi connectivity index (χ0n) is 15.2. The number of nitrogens with one attached hydrogen (secondary N) is 1. The Morgan fingerprint density at radius 3 is 2.44 bits per heavy atom. The van der Waals surface area contributed by atoms with Crippen LogP contribution in [0, 0.1) is 6.92 Å². The summed E-state index contributed by atoms with van der Waals surface area (Å²) >= 11 is 0. The van der Waals surface area contributed by atoms with Gasteiger partial charge in [0.25, 0.3) is 5.91 Å². The van der Waals surface area contributed by atoms with Crippen LogP contribution in [0.15, 0.2) is 24.3 Å². The van der Waals surface area contributed by atoms with Gasteiger partial charge in [0.05, 0.1) is 0 Å². The maximum Gasteiger partial charge on any atom is 0.263 e. The summed E-state index contributed by atoms with van der Waals surface area (Å²) < 4.78 is 5.76. The molecule has 1 unspecified atom stereocenters. The van der Waals surface area contributed by atoms with Crippen molar-refractivity contribution < 1.29 is 14.3 Å². The van der Waals surface area contributed by atoms with E-state index in [0.717, 1.165) is 5.56 Å². The second-order valence-corrected chi connectivity index (χ2v) is 6.14. The average Bonchev–Trinajstić information content (AvgIpc) is 2.59. The first-order valence-corrected chi connectivity index (χ1v) is 8.45. The highest BCUT2D eigenvalue weighted by atomic mass is 35.5. The molecular formula is C18H28ClN3O3. The Bertz CT molecular complexity index is 574. The predicted molar refractivity (Wildman–Crippen MR) is 100 cm³/mol. The van der Waals surface area contributed by atoms with Gasteiger partial charge in [-0.2, -0.15) is 0 Å². The van der Waals surface area contributed by atoms with Crippen LogP contribution in [0.25, 0.3) is 0 Å². The molecule has 1 aliphatic heterocycles. The van der Waals surface area contributed by atoms with Crippen molar-refractivity contribution >= 4 is 24.2 Å². The number of rotatable bonds is 6. The number of aryl methyl sites for hydroxylation is 1. The van der Waals surface area contributed by atoms with Crippen molar-refractivity contribution in [3.8, 4) is 5.75 Å². The Hall–Kier alpha value is -1.79. The SMILES string of the molecule is CNCCC(=O)N1CCN(C(=O)C(C)Oc2cccc(C)c2)CC1.Cl. The summed E-state index contributed by atoms with van der Waals surface area (Å²) in [5, 5.41) is 2.98. The average molecular weight is 370 g/mol. The molecule has 25 heavy (non-hydrogen) atoms. The van der Waals surface area contributed by atoms with E-state index in [1.54, 1.807) is 11.8 Å². The van der Waals surface area contributed by atoms with Crippen LogP contribution in [0.4, 0.5) is 0 Å². The standard InChI is InChI=1S/C18H27N3O3.ClH/c1-14-5-4-6-16(13-14)24-15(2)18(23)21-11-9-20(10-12-21)17(22)7-8-19-3;/h4-6,13,15,19H,7-12H2,1-3H3;1H. The minimum absolute atomic E-state index is 0. The van der Waals surface area contributed by atoms with Crippen molar-refractivity contribution in [1.82, 2.24) is 15.1 Å². The molecule has 2 amide bonds. The third kappa shape index (κ3) is 6.21. The minimum Gasteiger partial charge on any atom is -0.481 e. The molecule has 6 nitrogen and oxygen atoms in total. The number of carbonyl (C=O) groups is 2. The molecule has 7 heteroatoms. The molecule has 1 aliphatic rings. The van der Waals surface area contributed by atoms with Crippen LogP contribution in [0.3, 0.4) is 0 Å². The molecule has 1 aromatic rings. The van der Waals surface area contributed by atoms with Gasteiger partial charge in [0.2, 0.25) is 5.91 Å². The van der Waals surface area contributed by atoms with E-state index in [0.29, 0.717) is 44.9 Å². The van der Waals surface area contributed by atoms with Crippen molar-refractivity contribution in [3.05, 3.63) is 29.8 Å². The van der Waals surface area contributed by atoms with Crippen LogP contribution < -0.4 is 10.1 Å². The van der Waals surface area contributed by atoms with Crippen molar-refractivity contribution in [2.24, 2.45) is 0 Å². The summed E-state index contributed by atoms with van der Waals surface area (Å²) in [5.74, 6) is 0.816. The Labute approximate surface area is 155 Å². The van der Waals surface area contributed by atoms with Crippen LogP contribution in [-0.2, 0) is 9.59 Å². The van der Waals surface area contributed by atoms with E-state index >= 15 is 0 Å². The fraction of sp³-hybridized carbons (Fsp3) is 0.556. The predicted octanol–water partition coefficient (Wildman–Crippen LogP) is 1.46. The summed E-state index contributed by atoms with van der Waals surface area (Å²) in [7, 11) is 1.83. The molecule has 2 rings (SSSR count). The number of carbonyl (C=O) groups excluding carboxylic acids is 2. The number of benzene rings is 1. The van der Waals surface area contributed by atoms with Crippen molar-refractivity contribution in [2.75, 3.05) is 39.8 Å². The van der Waals surface area contributed by atoms with Gasteiger partial charge in [0.1, 0.15) is 5.75 Å². The van der Waals surface area contributed by atoms with Gasteiger partial charge in [-0.1, -0.05) is 12.1 Å². The van der Waals surface area contributed by atoms with Crippen LogP contribution >= 0.6 is 12.4 Å². The first-order valence-electron chi connectivity index (χ1n) is 8.45. The van der Waals surface area contributed by atoms with Gasteiger partial charge in [-0.3, -0.25) is 9.59 Å². The zero-order chi connectivity index (χ0) is 17.5. The van der Waals surface area contributed by atoms with Crippen LogP contribution in [0.5, 0.6) is 5.75 Å². The normalized spacial score (nSPS) is 15.3. The largest absolute Gasteiger partial charge is 0.481 e. The molecule has 1 saturated heterocycles. The first-order chi connectivity index (χ1) is 11.5. The summed E-state index contributed by atoms with van der Waals surface area (Å²) in [6, 6.07) is 7.68. The minimum atomic E-state index is -0.529.